The predicted octanol–water partition coefficient (Wildman–Crippen LogP) is 4.10. The monoisotopic (exact) mass is 543 g/mol. The number of carbonyl (C=O) groups is 2. The van der Waals surface area contributed by atoms with E-state index in [2.05, 4.69) is 5.32 Å². The minimum absolute atomic E-state index is 0.0286. The molecule has 192 valence electrons. The Morgan fingerprint density at radius 3 is 2.37 bits per heavy atom. The lowest BCUT2D eigenvalue weighted by Gasteiger charge is -2.33. The first-order valence-corrected chi connectivity index (χ1v) is 13.8. The van der Waals surface area contributed by atoms with Gasteiger partial charge in [0.2, 0.25) is 21.8 Å². The molecule has 2 aromatic rings. The molecule has 0 aliphatic carbocycles. The minimum Gasteiger partial charge on any atom is -0.495 e. The third-order valence-electron chi connectivity index (χ3n) is 5.32. The van der Waals surface area contributed by atoms with Crippen LogP contribution in [0.5, 0.6) is 5.75 Å². The summed E-state index contributed by atoms with van der Waals surface area (Å²) >= 11 is 12.5. The van der Waals surface area contributed by atoms with Gasteiger partial charge in [-0.05, 0) is 42.7 Å². The van der Waals surface area contributed by atoms with Crippen LogP contribution in [0, 0.1) is 0 Å². The number of amides is 2. The molecule has 0 aliphatic rings. The number of methoxy groups -OCH3 is 1. The third-order valence-corrected chi connectivity index (χ3v) is 7.05. The van der Waals surface area contributed by atoms with Crippen molar-refractivity contribution in [2.75, 3.05) is 30.8 Å². The minimum atomic E-state index is -3.92. The number of ether oxygens (including phenoxy) is 1. The van der Waals surface area contributed by atoms with Crippen LogP contribution in [0.2, 0.25) is 10.0 Å². The number of nitrogens with one attached hydrogen (secondary N) is 1. The Hall–Kier alpha value is -2.49. The number of sulfonamides is 1. The van der Waals surface area contributed by atoms with Gasteiger partial charge in [0.05, 0.1) is 19.1 Å². The summed E-state index contributed by atoms with van der Waals surface area (Å²) in [6.45, 7) is 3.64. The Labute approximate surface area is 217 Å². The molecular formula is C24H31Cl2N3O5S. The highest BCUT2D eigenvalue weighted by Crippen LogP contribution is 2.33. The zero-order valence-corrected chi connectivity index (χ0v) is 22.6. The van der Waals surface area contributed by atoms with E-state index in [1.807, 2.05) is 6.92 Å². The standard InChI is InChI=1S/C24H31Cl2N3O5S/c1-5-13-27-24(31)20(6-2)28(15-17-9-7-8-10-19(17)26)23(30)16-29(35(4,32)33)21-14-18(25)11-12-22(21)34-3/h7-12,14,20H,5-6,13,15-16H2,1-4H3,(H,27,31)/t20-/m0/s1. The molecule has 0 saturated carbocycles. The molecule has 2 amide bonds. The van der Waals surface area contributed by atoms with E-state index in [0.717, 1.165) is 17.0 Å². The summed E-state index contributed by atoms with van der Waals surface area (Å²) in [5, 5.41) is 3.54. The highest BCUT2D eigenvalue weighted by molar-refractivity contribution is 7.92. The predicted molar refractivity (Wildman–Crippen MR) is 140 cm³/mol. The van der Waals surface area contributed by atoms with E-state index in [0.29, 0.717) is 23.6 Å². The lowest BCUT2D eigenvalue weighted by molar-refractivity contribution is -0.140. The van der Waals surface area contributed by atoms with Gasteiger partial charge in [-0.15, -0.1) is 0 Å². The number of carbonyl (C=O) groups excluding carboxylic acids is 2. The van der Waals surface area contributed by atoms with Crippen molar-refractivity contribution in [3.63, 3.8) is 0 Å². The smallest absolute Gasteiger partial charge is 0.244 e. The van der Waals surface area contributed by atoms with Gasteiger partial charge < -0.3 is 15.0 Å². The van der Waals surface area contributed by atoms with Crippen LogP contribution in [0.25, 0.3) is 0 Å². The molecule has 0 radical (unpaired) electrons. The van der Waals surface area contributed by atoms with E-state index in [4.69, 9.17) is 27.9 Å². The molecule has 2 rings (SSSR count). The van der Waals surface area contributed by atoms with E-state index in [9.17, 15) is 18.0 Å². The summed E-state index contributed by atoms with van der Waals surface area (Å²) in [6, 6.07) is 10.7. The van der Waals surface area contributed by atoms with E-state index in [1.165, 1.54) is 24.1 Å². The van der Waals surface area contributed by atoms with Crippen molar-refractivity contribution in [2.24, 2.45) is 0 Å². The van der Waals surface area contributed by atoms with Crippen LogP contribution in [0.15, 0.2) is 42.5 Å². The first kappa shape index (κ1) is 28.7. The molecule has 0 aliphatic heterocycles. The SMILES string of the molecule is CCCNC(=O)[C@H](CC)N(Cc1ccccc1Cl)C(=O)CN(c1cc(Cl)ccc1OC)S(C)(=O)=O. The summed E-state index contributed by atoms with van der Waals surface area (Å²) in [5.74, 6) is -0.658. The normalized spacial score (nSPS) is 12.1. The topological polar surface area (TPSA) is 96.0 Å². The Bertz CT molecular complexity index is 1140. The van der Waals surface area contributed by atoms with Crippen molar-refractivity contribution in [1.82, 2.24) is 10.2 Å². The fourth-order valence-corrected chi connectivity index (χ4v) is 4.76. The van der Waals surface area contributed by atoms with Gasteiger partial charge in [0.1, 0.15) is 18.3 Å². The number of hydrogen-bond donors (Lipinski definition) is 1. The second-order valence-electron chi connectivity index (χ2n) is 7.91. The van der Waals surface area contributed by atoms with Gasteiger partial charge in [-0.2, -0.15) is 0 Å². The van der Waals surface area contributed by atoms with Crippen LogP contribution in [0.3, 0.4) is 0 Å². The van der Waals surface area contributed by atoms with Crippen LogP contribution < -0.4 is 14.4 Å². The van der Waals surface area contributed by atoms with Gasteiger partial charge in [-0.25, -0.2) is 8.42 Å². The van der Waals surface area contributed by atoms with Crippen molar-refractivity contribution in [3.05, 3.63) is 58.1 Å². The van der Waals surface area contributed by atoms with Gasteiger partial charge in [0.25, 0.3) is 0 Å². The molecule has 0 unspecified atom stereocenters. The molecule has 1 N–H and O–H groups in total. The van der Waals surface area contributed by atoms with Gasteiger partial charge in [0.15, 0.2) is 0 Å². The Balaban J connectivity index is 2.51. The van der Waals surface area contributed by atoms with Gasteiger partial charge in [-0.1, -0.05) is 55.2 Å². The average molecular weight is 545 g/mol. The molecule has 1 atom stereocenters. The molecule has 2 aromatic carbocycles. The molecule has 8 nitrogen and oxygen atoms in total. The highest BCUT2D eigenvalue weighted by Gasteiger charge is 2.32. The maximum absolute atomic E-state index is 13.7. The number of nitrogens with zero attached hydrogens (tertiary/aromatic N) is 2. The molecular weight excluding hydrogens is 513 g/mol. The molecule has 0 fully saturated rings. The molecule has 0 aromatic heterocycles. The van der Waals surface area contributed by atoms with Crippen LogP contribution in [-0.4, -0.2) is 57.6 Å². The highest BCUT2D eigenvalue weighted by atomic mass is 35.5. The van der Waals surface area contributed by atoms with Crippen LogP contribution in [0.1, 0.15) is 32.3 Å². The quantitative estimate of drug-likeness (QED) is 0.434. The van der Waals surface area contributed by atoms with Crippen molar-refractivity contribution in [3.8, 4) is 5.75 Å². The average Bonchev–Trinajstić information content (AvgIpc) is 2.81. The van der Waals surface area contributed by atoms with E-state index >= 15 is 0 Å². The van der Waals surface area contributed by atoms with Crippen molar-refractivity contribution in [2.45, 2.75) is 39.3 Å². The molecule has 0 heterocycles. The maximum atomic E-state index is 13.7. The summed E-state index contributed by atoms with van der Waals surface area (Å²) in [7, 11) is -2.53. The lowest BCUT2D eigenvalue weighted by Crippen LogP contribution is -2.52. The van der Waals surface area contributed by atoms with Crippen LogP contribution in [-0.2, 0) is 26.2 Å². The van der Waals surface area contributed by atoms with E-state index < -0.39 is 28.5 Å². The fourth-order valence-electron chi connectivity index (χ4n) is 3.55. The second kappa shape index (κ2) is 13.0. The summed E-state index contributed by atoms with van der Waals surface area (Å²) in [4.78, 5) is 28.0. The van der Waals surface area contributed by atoms with Crippen LogP contribution in [0.4, 0.5) is 5.69 Å². The van der Waals surface area contributed by atoms with Gasteiger partial charge >= 0.3 is 0 Å². The van der Waals surface area contributed by atoms with E-state index in [1.54, 1.807) is 37.3 Å². The van der Waals surface area contributed by atoms with Crippen LogP contribution >= 0.6 is 23.2 Å². The number of halogens is 2. The molecule has 0 bridgehead atoms. The molecule has 35 heavy (non-hydrogen) atoms. The number of hydrogen-bond acceptors (Lipinski definition) is 5. The molecule has 11 heteroatoms. The Morgan fingerprint density at radius 1 is 1.11 bits per heavy atom. The first-order valence-electron chi connectivity index (χ1n) is 11.1. The maximum Gasteiger partial charge on any atom is 0.244 e. The lowest BCUT2D eigenvalue weighted by atomic mass is 10.1. The summed E-state index contributed by atoms with van der Waals surface area (Å²) in [6.07, 6.45) is 2.05. The zero-order valence-electron chi connectivity index (χ0n) is 20.3. The second-order valence-corrected chi connectivity index (χ2v) is 10.7. The van der Waals surface area contributed by atoms with Gasteiger partial charge in [-0.3, -0.25) is 13.9 Å². The fraction of sp³-hybridized carbons (Fsp3) is 0.417. The number of anilines is 1. The molecule has 0 saturated heterocycles. The van der Waals surface area contributed by atoms with Gasteiger partial charge in [0, 0.05) is 23.1 Å². The summed E-state index contributed by atoms with van der Waals surface area (Å²) < 4.78 is 31.7. The number of rotatable bonds is 12. The Morgan fingerprint density at radius 2 is 1.80 bits per heavy atom. The number of benzene rings is 2. The van der Waals surface area contributed by atoms with E-state index in [-0.39, 0.29) is 28.9 Å². The zero-order chi connectivity index (χ0) is 26.2. The third kappa shape index (κ3) is 7.75. The Kier molecular flexibility index (Phi) is 10.7. The molecule has 0 spiro atoms. The van der Waals surface area contributed by atoms with Crippen molar-refractivity contribution in [1.29, 1.82) is 0 Å². The first-order chi connectivity index (χ1) is 16.5. The summed E-state index contributed by atoms with van der Waals surface area (Å²) in [5.41, 5.74) is 0.757. The largest absolute Gasteiger partial charge is 0.495 e. The van der Waals surface area contributed by atoms with Crippen molar-refractivity contribution >= 4 is 50.7 Å². The van der Waals surface area contributed by atoms with Crippen molar-refractivity contribution < 1.29 is 22.7 Å².